The van der Waals surface area contributed by atoms with Gasteiger partial charge in [-0.25, -0.2) is 0 Å². The molecule has 0 saturated heterocycles. The topological polar surface area (TPSA) is 65.3 Å². The van der Waals surface area contributed by atoms with Gasteiger partial charge < -0.3 is 15.2 Å². The van der Waals surface area contributed by atoms with Crippen LogP contribution in [0.2, 0.25) is 0 Å². The summed E-state index contributed by atoms with van der Waals surface area (Å²) in [4.78, 5) is 0. The van der Waals surface area contributed by atoms with Gasteiger partial charge >= 0.3 is 0 Å². The lowest BCUT2D eigenvalue weighted by Crippen LogP contribution is -2.33. The van der Waals surface area contributed by atoms with Crippen LogP contribution in [0.3, 0.4) is 0 Å². The van der Waals surface area contributed by atoms with Gasteiger partial charge in [0.1, 0.15) is 5.75 Å². The van der Waals surface area contributed by atoms with Crippen LogP contribution in [0.5, 0.6) is 5.75 Å². The fraction of sp³-hybridized carbons (Fsp3) is 0.588. The van der Waals surface area contributed by atoms with Crippen LogP contribution in [0.25, 0.3) is 0 Å². The molecule has 0 saturated carbocycles. The second kappa shape index (κ2) is 10.2. The average molecular weight is 290 g/mol. The zero-order valence-electron chi connectivity index (χ0n) is 13.0. The van der Waals surface area contributed by atoms with Gasteiger partial charge in [0.2, 0.25) is 0 Å². The van der Waals surface area contributed by atoms with E-state index in [0.29, 0.717) is 25.5 Å². The molecule has 1 atom stereocenters. The minimum Gasteiger partial charge on any atom is -0.494 e. The van der Waals surface area contributed by atoms with Gasteiger partial charge in [0.15, 0.2) is 0 Å². The fourth-order valence-corrected chi connectivity index (χ4v) is 2.14. The van der Waals surface area contributed by atoms with E-state index in [0.717, 1.165) is 24.2 Å². The van der Waals surface area contributed by atoms with E-state index < -0.39 is 0 Å². The normalized spacial score (nSPS) is 12.1. The van der Waals surface area contributed by atoms with Gasteiger partial charge in [-0.15, -0.1) is 0 Å². The highest BCUT2D eigenvalue weighted by Crippen LogP contribution is 2.14. The Morgan fingerprint density at radius 1 is 1.38 bits per heavy atom. The Kier molecular flexibility index (Phi) is 8.49. The molecule has 2 N–H and O–H groups in total. The standard InChI is InChI=1S/C17H26N2O2/c1-14(2)10-16(13-20)19-12-15-6-5-7-17(11-15)21-9-4-3-8-18/h5-7,11,14,16,19-20H,3-4,9-10,12-13H2,1-2H3. The third-order valence-corrected chi connectivity index (χ3v) is 3.17. The van der Waals surface area contributed by atoms with Crippen molar-refractivity contribution in [2.45, 2.75) is 45.7 Å². The number of benzene rings is 1. The van der Waals surface area contributed by atoms with Crippen LogP contribution < -0.4 is 10.1 Å². The van der Waals surface area contributed by atoms with Crippen LogP contribution in [-0.2, 0) is 6.54 Å². The third-order valence-electron chi connectivity index (χ3n) is 3.17. The summed E-state index contributed by atoms with van der Waals surface area (Å²) in [5.74, 6) is 1.39. The van der Waals surface area contributed by atoms with Gasteiger partial charge in [-0.1, -0.05) is 26.0 Å². The number of aliphatic hydroxyl groups excluding tert-OH is 1. The molecule has 0 aliphatic rings. The quantitative estimate of drug-likeness (QED) is 0.650. The Hall–Kier alpha value is -1.57. The predicted molar refractivity (Wildman–Crippen MR) is 84.0 cm³/mol. The summed E-state index contributed by atoms with van der Waals surface area (Å²) >= 11 is 0. The van der Waals surface area contributed by atoms with E-state index in [2.05, 4.69) is 25.2 Å². The third kappa shape index (κ3) is 7.69. The summed E-state index contributed by atoms with van der Waals surface area (Å²) in [5, 5.41) is 21.2. The highest BCUT2D eigenvalue weighted by atomic mass is 16.5. The number of unbranched alkanes of at least 4 members (excludes halogenated alkanes) is 1. The molecule has 0 spiro atoms. The highest BCUT2D eigenvalue weighted by Gasteiger charge is 2.09. The number of hydrogen-bond donors (Lipinski definition) is 2. The van der Waals surface area contributed by atoms with Crippen LogP contribution in [-0.4, -0.2) is 24.4 Å². The first-order valence-corrected chi connectivity index (χ1v) is 7.58. The Morgan fingerprint density at radius 3 is 2.86 bits per heavy atom. The van der Waals surface area contributed by atoms with E-state index in [1.165, 1.54) is 0 Å². The Morgan fingerprint density at radius 2 is 2.19 bits per heavy atom. The SMILES string of the molecule is CC(C)CC(CO)NCc1cccc(OCCCC#N)c1. The van der Waals surface area contributed by atoms with Crippen molar-refractivity contribution in [2.24, 2.45) is 5.92 Å². The van der Waals surface area contributed by atoms with Crippen LogP contribution in [0.15, 0.2) is 24.3 Å². The molecule has 0 bridgehead atoms. The van der Waals surface area contributed by atoms with Crippen LogP contribution >= 0.6 is 0 Å². The van der Waals surface area contributed by atoms with Crippen molar-refractivity contribution in [3.63, 3.8) is 0 Å². The molecular weight excluding hydrogens is 264 g/mol. The second-order valence-electron chi connectivity index (χ2n) is 5.65. The highest BCUT2D eigenvalue weighted by molar-refractivity contribution is 5.28. The summed E-state index contributed by atoms with van der Waals surface area (Å²) in [6.45, 7) is 5.74. The molecule has 0 radical (unpaired) electrons. The molecule has 1 rings (SSSR count). The number of nitriles is 1. The van der Waals surface area contributed by atoms with E-state index in [9.17, 15) is 5.11 Å². The minimum absolute atomic E-state index is 0.130. The zero-order valence-corrected chi connectivity index (χ0v) is 13.0. The Labute approximate surface area is 127 Å². The van der Waals surface area contributed by atoms with Crippen molar-refractivity contribution in [1.29, 1.82) is 5.26 Å². The summed E-state index contributed by atoms with van der Waals surface area (Å²) < 4.78 is 5.62. The van der Waals surface area contributed by atoms with E-state index in [1.807, 2.05) is 24.3 Å². The van der Waals surface area contributed by atoms with Crippen molar-refractivity contribution in [2.75, 3.05) is 13.2 Å². The summed E-state index contributed by atoms with van der Waals surface area (Å²) in [6.07, 6.45) is 2.23. The van der Waals surface area contributed by atoms with Gasteiger partial charge in [-0.3, -0.25) is 0 Å². The van der Waals surface area contributed by atoms with Crippen molar-refractivity contribution >= 4 is 0 Å². The maximum absolute atomic E-state index is 9.36. The molecule has 4 heteroatoms. The molecule has 4 nitrogen and oxygen atoms in total. The van der Waals surface area contributed by atoms with Crippen molar-refractivity contribution in [1.82, 2.24) is 5.32 Å². The van der Waals surface area contributed by atoms with Gasteiger partial charge in [0.05, 0.1) is 19.3 Å². The molecule has 21 heavy (non-hydrogen) atoms. The smallest absolute Gasteiger partial charge is 0.119 e. The fourth-order valence-electron chi connectivity index (χ4n) is 2.14. The Balaban J connectivity index is 2.43. The molecule has 1 aromatic rings. The van der Waals surface area contributed by atoms with E-state index in [4.69, 9.17) is 10.00 Å². The number of nitrogens with one attached hydrogen (secondary N) is 1. The molecule has 0 aromatic heterocycles. The molecule has 0 aliphatic heterocycles. The lowest BCUT2D eigenvalue weighted by Gasteiger charge is -2.18. The zero-order chi connectivity index (χ0) is 15.5. The lowest BCUT2D eigenvalue weighted by atomic mass is 10.0. The number of hydrogen-bond acceptors (Lipinski definition) is 4. The molecule has 0 heterocycles. The second-order valence-corrected chi connectivity index (χ2v) is 5.65. The number of rotatable bonds is 10. The molecule has 1 unspecified atom stereocenters. The van der Waals surface area contributed by atoms with Crippen LogP contribution in [0.1, 0.15) is 38.7 Å². The average Bonchev–Trinajstić information content (AvgIpc) is 2.48. The first-order chi connectivity index (χ1) is 10.2. The summed E-state index contributed by atoms with van der Waals surface area (Å²) in [7, 11) is 0. The Bertz CT molecular complexity index is 441. The van der Waals surface area contributed by atoms with Gasteiger partial charge in [-0.2, -0.15) is 5.26 Å². The molecule has 0 fully saturated rings. The maximum Gasteiger partial charge on any atom is 0.119 e. The van der Waals surface area contributed by atoms with Gasteiger partial charge in [0.25, 0.3) is 0 Å². The summed E-state index contributed by atoms with van der Waals surface area (Å²) in [6, 6.07) is 10.2. The van der Waals surface area contributed by atoms with E-state index in [-0.39, 0.29) is 12.6 Å². The number of ether oxygens (including phenoxy) is 1. The molecule has 0 amide bonds. The van der Waals surface area contributed by atoms with Gasteiger partial charge in [-0.05, 0) is 36.5 Å². The lowest BCUT2D eigenvalue weighted by molar-refractivity contribution is 0.223. The first-order valence-electron chi connectivity index (χ1n) is 7.58. The minimum atomic E-state index is 0.130. The first kappa shape index (κ1) is 17.5. The van der Waals surface area contributed by atoms with E-state index >= 15 is 0 Å². The predicted octanol–water partition coefficient (Wildman–Crippen LogP) is 2.87. The van der Waals surface area contributed by atoms with Crippen molar-refractivity contribution in [3.8, 4) is 11.8 Å². The maximum atomic E-state index is 9.36. The molecule has 0 aliphatic carbocycles. The van der Waals surface area contributed by atoms with Gasteiger partial charge in [0, 0.05) is 19.0 Å². The van der Waals surface area contributed by atoms with Crippen LogP contribution in [0.4, 0.5) is 0 Å². The molecule has 116 valence electrons. The van der Waals surface area contributed by atoms with Crippen molar-refractivity contribution in [3.05, 3.63) is 29.8 Å². The van der Waals surface area contributed by atoms with Crippen molar-refractivity contribution < 1.29 is 9.84 Å². The number of aliphatic hydroxyl groups is 1. The molecular formula is C17H26N2O2. The molecule has 1 aromatic carbocycles. The van der Waals surface area contributed by atoms with Crippen LogP contribution in [0, 0.1) is 17.2 Å². The summed E-state index contributed by atoms with van der Waals surface area (Å²) in [5.41, 5.74) is 1.13. The number of nitrogens with zero attached hydrogens (tertiary/aromatic N) is 1. The monoisotopic (exact) mass is 290 g/mol. The van der Waals surface area contributed by atoms with E-state index in [1.54, 1.807) is 0 Å². The largest absolute Gasteiger partial charge is 0.494 e.